The molecule has 0 radical (unpaired) electrons. The van der Waals surface area contributed by atoms with Crippen LogP contribution in [0.1, 0.15) is 0 Å². The smallest absolute Gasteiger partial charge is 0.387 e. The first-order valence-corrected chi connectivity index (χ1v) is 5.06. The molecule has 0 bridgehead atoms. The maximum absolute atomic E-state index is 11.9. The van der Waals surface area contributed by atoms with Crippen molar-refractivity contribution in [3.63, 3.8) is 0 Å². The minimum Gasteiger partial charge on any atom is -0.432 e. The SMILES string of the molecule is FC(F)Oc1c(Br)cc(Cl)cc1Br. The molecule has 0 spiro atoms. The molecule has 0 saturated heterocycles. The Bertz CT molecular complexity index is 296. The number of halogens is 5. The molecule has 1 nitrogen and oxygen atoms in total. The Kier molecular flexibility index (Phi) is 3.94. The van der Waals surface area contributed by atoms with E-state index in [1.807, 2.05) is 0 Å². The zero-order valence-electron chi connectivity index (χ0n) is 6.03. The summed E-state index contributed by atoms with van der Waals surface area (Å²) in [6.07, 6.45) is 0. The predicted molar refractivity (Wildman–Crippen MR) is 53.5 cm³/mol. The van der Waals surface area contributed by atoms with Crippen LogP contribution in [0.2, 0.25) is 5.02 Å². The second-order valence-corrected chi connectivity index (χ2v) is 4.22. The number of hydrogen-bond donors (Lipinski definition) is 0. The highest BCUT2D eigenvalue weighted by molar-refractivity contribution is 9.11. The Hall–Kier alpha value is 0.130. The first-order valence-electron chi connectivity index (χ1n) is 3.10. The average molecular weight is 336 g/mol. The fourth-order valence-electron chi connectivity index (χ4n) is 0.731. The van der Waals surface area contributed by atoms with E-state index in [0.717, 1.165) is 0 Å². The van der Waals surface area contributed by atoms with Crippen molar-refractivity contribution in [1.29, 1.82) is 0 Å². The van der Waals surface area contributed by atoms with Crippen LogP contribution < -0.4 is 4.74 Å². The molecule has 0 fully saturated rings. The number of benzene rings is 1. The number of ether oxygens (including phenoxy) is 1. The molecule has 0 aliphatic heterocycles. The van der Waals surface area contributed by atoms with Crippen LogP contribution in [-0.4, -0.2) is 6.61 Å². The topological polar surface area (TPSA) is 9.23 Å². The lowest BCUT2D eigenvalue weighted by Gasteiger charge is -2.08. The summed E-state index contributed by atoms with van der Waals surface area (Å²) < 4.78 is 28.8. The first-order chi connectivity index (χ1) is 6.00. The van der Waals surface area contributed by atoms with Crippen LogP contribution in [0, 0.1) is 0 Å². The summed E-state index contributed by atoms with van der Waals surface area (Å²) in [4.78, 5) is 0. The largest absolute Gasteiger partial charge is 0.432 e. The van der Waals surface area contributed by atoms with Crippen LogP contribution in [0.5, 0.6) is 5.75 Å². The molecule has 0 aliphatic carbocycles. The van der Waals surface area contributed by atoms with E-state index in [4.69, 9.17) is 11.6 Å². The van der Waals surface area contributed by atoms with Gasteiger partial charge in [0.25, 0.3) is 0 Å². The Morgan fingerprint density at radius 3 is 2.08 bits per heavy atom. The van der Waals surface area contributed by atoms with Crippen molar-refractivity contribution >= 4 is 43.5 Å². The van der Waals surface area contributed by atoms with Gasteiger partial charge < -0.3 is 4.74 Å². The number of hydrogen-bond acceptors (Lipinski definition) is 1. The fraction of sp³-hybridized carbons (Fsp3) is 0.143. The minimum absolute atomic E-state index is 0.0411. The molecule has 0 N–H and O–H groups in total. The molecule has 0 amide bonds. The molecule has 1 rings (SSSR count). The van der Waals surface area contributed by atoms with E-state index in [1.165, 1.54) is 12.1 Å². The van der Waals surface area contributed by atoms with Gasteiger partial charge >= 0.3 is 6.61 Å². The Morgan fingerprint density at radius 2 is 1.69 bits per heavy atom. The number of alkyl halides is 2. The Balaban J connectivity index is 3.06. The molecule has 0 aliphatic rings. The molecule has 1 aromatic carbocycles. The third-order valence-corrected chi connectivity index (χ3v) is 2.57. The predicted octanol–water partition coefficient (Wildman–Crippen LogP) is 4.47. The van der Waals surface area contributed by atoms with Crippen molar-refractivity contribution in [2.24, 2.45) is 0 Å². The van der Waals surface area contributed by atoms with Gasteiger partial charge in [-0.25, -0.2) is 0 Å². The molecule has 72 valence electrons. The van der Waals surface area contributed by atoms with Crippen LogP contribution in [-0.2, 0) is 0 Å². The average Bonchev–Trinajstić information content (AvgIpc) is 1.96. The minimum atomic E-state index is -2.85. The molecule has 0 saturated carbocycles. The highest BCUT2D eigenvalue weighted by Gasteiger charge is 2.12. The van der Waals surface area contributed by atoms with E-state index < -0.39 is 6.61 Å². The lowest BCUT2D eigenvalue weighted by molar-refractivity contribution is -0.0508. The van der Waals surface area contributed by atoms with E-state index in [-0.39, 0.29) is 5.75 Å². The second-order valence-electron chi connectivity index (χ2n) is 2.08. The molecule has 6 heteroatoms. The van der Waals surface area contributed by atoms with Gasteiger partial charge in [-0.05, 0) is 44.0 Å². The van der Waals surface area contributed by atoms with Crippen molar-refractivity contribution < 1.29 is 13.5 Å². The van der Waals surface area contributed by atoms with Crippen LogP contribution in [0.4, 0.5) is 8.78 Å². The summed E-state index contributed by atoms with van der Waals surface area (Å²) >= 11 is 11.8. The normalized spacial score (nSPS) is 10.6. The highest BCUT2D eigenvalue weighted by Crippen LogP contribution is 2.37. The van der Waals surface area contributed by atoms with Crippen molar-refractivity contribution in [3.05, 3.63) is 26.1 Å². The summed E-state index contributed by atoms with van der Waals surface area (Å²) in [5.74, 6) is 0.0411. The highest BCUT2D eigenvalue weighted by atomic mass is 79.9. The molecule has 1 aromatic rings. The van der Waals surface area contributed by atoms with E-state index in [2.05, 4.69) is 36.6 Å². The quantitative estimate of drug-likeness (QED) is 0.774. The molecule has 13 heavy (non-hydrogen) atoms. The molecule has 0 unspecified atom stereocenters. The standard InChI is InChI=1S/C7H3Br2ClF2O/c8-4-1-3(10)2-5(9)6(4)13-7(11)12/h1-2,7H. The maximum Gasteiger partial charge on any atom is 0.387 e. The summed E-state index contributed by atoms with van der Waals surface area (Å²) in [5, 5.41) is 0.431. The van der Waals surface area contributed by atoms with E-state index in [0.29, 0.717) is 14.0 Å². The van der Waals surface area contributed by atoms with E-state index in [1.54, 1.807) is 0 Å². The van der Waals surface area contributed by atoms with Gasteiger partial charge in [0.2, 0.25) is 0 Å². The van der Waals surface area contributed by atoms with Gasteiger partial charge in [0.1, 0.15) is 0 Å². The van der Waals surface area contributed by atoms with E-state index in [9.17, 15) is 8.78 Å². The van der Waals surface area contributed by atoms with Crippen LogP contribution >= 0.6 is 43.5 Å². The van der Waals surface area contributed by atoms with Crippen LogP contribution in [0.25, 0.3) is 0 Å². The van der Waals surface area contributed by atoms with E-state index >= 15 is 0 Å². The summed E-state index contributed by atoms with van der Waals surface area (Å²) in [5.41, 5.74) is 0. The monoisotopic (exact) mass is 334 g/mol. The molecular formula is C7H3Br2ClF2O. The van der Waals surface area contributed by atoms with Crippen molar-refractivity contribution in [3.8, 4) is 5.75 Å². The second kappa shape index (κ2) is 4.57. The van der Waals surface area contributed by atoms with Crippen molar-refractivity contribution in [1.82, 2.24) is 0 Å². The van der Waals surface area contributed by atoms with Gasteiger partial charge in [0.15, 0.2) is 5.75 Å². The molecule has 0 atom stereocenters. The zero-order valence-corrected chi connectivity index (χ0v) is 9.96. The third-order valence-electron chi connectivity index (χ3n) is 1.17. The summed E-state index contributed by atoms with van der Waals surface area (Å²) in [6.45, 7) is -2.85. The van der Waals surface area contributed by atoms with Crippen LogP contribution in [0.15, 0.2) is 21.1 Å². The lowest BCUT2D eigenvalue weighted by Crippen LogP contribution is -2.03. The summed E-state index contributed by atoms with van der Waals surface area (Å²) in [7, 11) is 0. The third kappa shape index (κ3) is 3.07. The fourth-order valence-corrected chi connectivity index (χ4v) is 2.59. The Labute approximate surface area is 95.3 Å². The zero-order chi connectivity index (χ0) is 10.0. The van der Waals surface area contributed by atoms with Gasteiger partial charge in [-0.15, -0.1) is 0 Å². The molecule has 0 aromatic heterocycles. The van der Waals surface area contributed by atoms with Gasteiger partial charge in [0.05, 0.1) is 8.95 Å². The Morgan fingerprint density at radius 1 is 1.23 bits per heavy atom. The van der Waals surface area contributed by atoms with Gasteiger partial charge in [0, 0.05) is 5.02 Å². The first kappa shape index (κ1) is 11.2. The van der Waals surface area contributed by atoms with Crippen molar-refractivity contribution in [2.75, 3.05) is 0 Å². The lowest BCUT2D eigenvalue weighted by atomic mass is 10.3. The van der Waals surface area contributed by atoms with Crippen molar-refractivity contribution in [2.45, 2.75) is 6.61 Å². The molecular weight excluding hydrogens is 333 g/mol. The molecule has 0 heterocycles. The number of rotatable bonds is 2. The van der Waals surface area contributed by atoms with Gasteiger partial charge in [-0.1, -0.05) is 11.6 Å². The van der Waals surface area contributed by atoms with Gasteiger partial charge in [-0.3, -0.25) is 0 Å². The maximum atomic E-state index is 11.9. The summed E-state index contributed by atoms with van der Waals surface area (Å²) in [6, 6.07) is 2.95. The van der Waals surface area contributed by atoms with Gasteiger partial charge in [-0.2, -0.15) is 8.78 Å². The van der Waals surface area contributed by atoms with Crippen LogP contribution in [0.3, 0.4) is 0 Å².